The molecule has 0 bridgehead atoms. The number of nitrogens with zero attached hydrogens (tertiary/aromatic N) is 1. The Labute approximate surface area is 172 Å². The molecule has 28 heavy (non-hydrogen) atoms. The molecule has 4 heteroatoms. The van der Waals surface area contributed by atoms with Crippen LogP contribution in [0.4, 0.5) is 0 Å². The number of hydrogen-bond donors (Lipinski definition) is 1. The number of ether oxygens (including phenoxy) is 1. The molecule has 0 aromatic heterocycles. The Balaban J connectivity index is 2.02. The van der Waals surface area contributed by atoms with Crippen molar-refractivity contribution in [1.29, 1.82) is 5.26 Å². The first-order chi connectivity index (χ1) is 13.7. The fourth-order valence-electron chi connectivity index (χ4n) is 3.47. The molecule has 0 unspecified atom stereocenters. The van der Waals surface area contributed by atoms with Crippen LogP contribution >= 0.6 is 15.9 Å². The topological polar surface area (TPSA) is 59.0 Å². The molecule has 0 aliphatic carbocycles. The number of allylic oxidation sites excluding steroid dienone is 2. The summed E-state index contributed by atoms with van der Waals surface area (Å²) < 4.78 is 7.00. The van der Waals surface area contributed by atoms with Gasteiger partial charge in [0.1, 0.15) is 17.4 Å². The van der Waals surface area contributed by atoms with Crippen molar-refractivity contribution in [2.45, 2.75) is 5.92 Å². The van der Waals surface area contributed by atoms with Crippen molar-refractivity contribution in [3.8, 4) is 6.07 Å². The zero-order valence-electron chi connectivity index (χ0n) is 15.0. The van der Waals surface area contributed by atoms with E-state index >= 15 is 0 Å². The van der Waals surface area contributed by atoms with Crippen LogP contribution in [-0.4, -0.2) is 0 Å². The molecule has 136 valence electrons. The Kier molecular flexibility index (Phi) is 5.01. The molecule has 1 aliphatic rings. The second-order valence-corrected chi connectivity index (χ2v) is 7.37. The monoisotopic (exact) mass is 428 g/mol. The van der Waals surface area contributed by atoms with Gasteiger partial charge in [0.2, 0.25) is 5.88 Å². The highest BCUT2D eigenvalue weighted by Crippen LogP contribution is 2.47. The standard InChI is InChI=1S/C24H17BrN2O/c25-19-13-11-17(12-14-19)21-20(15-26)24(27)28-23(18-9-5-2-6-10-18)22(21)16-7-3-1-4-8-16/h1-14,21H,27H2/t21-/m1/s1. The fourth-order valence-corrected chi connectivity index (χ4v) is 3.73. The highest BCUT2D eigenvalue weighted by atomic mass is 79.9. The maximum absolute atomic E-state index is 9.87. The van der Waals surface area contributed by atoms with Crippen LogP contribution in [0.5, 0.6) is 0 Å². The van der Waals surface area contributed by atoms with E-state index < -0.39 is 0 Å². The fraction of sp³-hybridized carbons (Fsp3) is 0.0417. The lowest BCUT2D eigenvalue weighted by Gasteiger charge is -2.30. The molecule has 0 fully saturated rings. The van der Waals surface area contributed by atoms with Gasteiger partial charge >= 0.3 is 0 Å². The van der Waals surface area contributed by atoms with Gasteiger partial charge in [-0.1, -0.05) is 88.7 Å². The quantitative estimate of drug-likeness (QED) is 0.570. The molecular weight excluding hydrogens is 412 g/mol. The predicted molar refractivity (Wildman–Crippen MR) is 114 cm³/mol. The van der Waals surface area contributed by atoms with E-state index in [1.165, 1.54) is 0 Å². The van der Waals surface area contributed by atoms with E-state index in [4.69, 9.17) is 10.5 Å². The molecule has 0 saturated carbocycles. The summed E-state index contributed by atoms with van der Waals surface area (Å²) in [6.07, 6.45) is 0. The smallest absolute Gasteiger partial charge is 0.205 e. The number of halogens is 1. The van der Waals surface area contributed by atoms with Crippen molar-refractivity contribution >= 4 is 27.3 Å². The third-order valence-corrected chi connectivity index (χ3v) is 5.27. The van der Waals surface area contributed by atoms with Gasteiger partial charge < -0.3 is 10.5 Å². The number of nitriles is 1. The Bertz CT molecular complexity index is 1090. The van der Waals surface area contributed by atoms with Gasteiger partial charge in [-0.3, -0.25) is 0 Å². The molecule has 0 amide bonds. The number of nitrogens with two attached hydrogens (primary N) is 1. The van der Waals surface area contributed by atoms with Crippen LogP contribution in [-0.2, 0) is 4.74 Å². The van der Waals surface area contributed by atoms with Crippen molar-refractivity contribution in [1.82, 2.24) is 0 Å². The van der Waals surface area contributed by atoms with Crippen LogP contribution < -0.4 is 5.73 Å². The number of benzene rings is 3. The SMILES string of the molecule is N#CC1=C(N)OC(c2ccccc2)=C(c2ccccc2)[C@@H]1c1ccc(Br)cc1. The van der Waals surface area contributed by atoms with Gasteiger partial charge in [-0.2, -0.15) is 5.26 Å². The summed E-state index contributed by atoms with van der Waals surface area (Å²) in [5.41, 5.74) is 10.5. The maximum atomic E-state index is 9.87. The lowest BCUT2D eigenvalue weighted by Crippen LogP contribution is -2.20. The normalized spacial score (nSPS) is 16.5. The summed E-state index contributed by atoms with van der Waals surface area (Å²) in [4.78, 5) is 0. The molecule has 4 rings (SSSR count). The Morgan fingerprint density at radius 1 is 0.821 bits per heavy atom. The average molecular weight is 429 g/mol. The summed E-state index contributed by atoms with van der Waals surface area (Å²) in [6, 6.07) is 30.1. The zero-order valence-corrected chi connectivity index (χ0v) is 16.6. The van der Waals surface area contributed by atoms with Gasteiger partial charge in [0, 0.05) is 15.6 Å². The third kappa shape index (κ3) is 3.33. The van der Waals surface area contributed by atoms with Crippen molar-refractivity contribution in [2.75, 3.05) is 0 Å². The van der Waals surface area contributed by atoms with Crippen LogP contribution in [0.3, 0.4) is 0 Å². The molecule has 3 nitrogen and oxygen atoms in total. The van der Waals surface area contributed by atoms with E-state index in [-0.39, 0.29) is 11.8 Å². The largest absolute Gasteiger partial charge is 0.440 e. The molecule has 2 N–H and O–H groups in total. The summed E-state index contributed by atoms with van der Waals surface area (Å²) in [7, 11) is 0. The van der Waals surface area contributed by atoms with E-state index in [0.29, 0.717) is 11.3 Å². The summed E-state index contributed by atoms with van der Waals surface area (Å²) in [5.74, 6) is 0.509. The summed E-state index contributed by atoms with van der Waals surface area (Å²) in [5, 5.41) is 9.87. The lowest BCUT2D eigenvalue weighted by atomic mass is 9.79. The van der Waals surface area contributed by atoms with Crippen LogP contribution in [0.25, 0.3) is 11.3 Å². The van der Waals surface area contributed by atoms with Crippen LogP contribution in [0.15, 0.2) is 101 Å². The molecule has 1 heterocycles. The minimum absolute atomic E-state index is 0.147. The van der Waals surface area contributed by atoms with Crippen LogP contribution in [0.1, 0.15) is 22.6 Å². The van der Waals surface area contributed by atoms with E-state index in [1.807, 2.05) is 84.9 Å². The first-order valence-corrected chi connectivity index (χ1v) is 9.66. The second-order valence-electron chi connectivity index (χ2n) is 6.45. The van der Waals surface area contributed by atoms with Crippen molar-refractivity contribution < 1.29 is 4.74 Å². The predicted octanol–water partition coefficient (Wildman–Crippen LogP) is 5.83. The van der Waals surface area contributed by atoms with Gasteiger partial charge in [0.05, 0.1) is 5.92 Å². The third-order valence-electron chi connectivity index (χ3n) is 4.74. The first-order valence-electron chi connectivity index (χ1n) is 8.87. The Hall–Kier alpha value is -3.29. The molecule has 1 aliphatic heterocycles. The highest BCUT2D eigenvalue weighted by molar-refractivity contribution is 9.10. The molecule has 1 atom stereocenters. The van der Waals surface area contributed by atoms with Crippen molar-refractivity contribution in [3.63, 3.8) is 0 Å². The second kappa shape index (κ2) is 7.75. The summed E-state index contributed by atoms with van der Waals surface area (Å²) in [6.45, 7) is 0. The Morgan fingerprint density at radius 2 is 1.39 bits per heavy atom. The van der Waals surface area contributed by atoms with E-state index in [0.717, 1.165) is 26.7 Å². The van der Waals surface area contributed by atoms with Gasteiger partial charge in [0.25, 0.3) is 0 Å². The number of rotatable bonds is 3. The van der Waals surface area contributed by atoms with Gasteiger partial charge in [-0.15, -0.1) is 0 Å². The van der Waals surface area contributed by atoms with E-state index in [9.17, 15) is 5.26 Å². The molecule has 0 saturated heterocycles. The maximum Gasteiger partial charge on any atom is 0.205 e. The average Bonchev–Trinajstić information content (AvgIpc) is 2.75. The lowest BCUT2D eigenvalue weighted by molar-refractivity contribution is 0.364. The molecule has 0 radical (unpaired) electrons. The molecule has 3 aromatic carbocycles. The number of hydrogen-bond acceptors (Lipinski definition) is 3. The highest BCUT2D eigenvalue weighted by Gasteiger charge is 2.34. The van der Waals surface area contributed by atoms with Crippen LogP contribution in [0, 0.1) is 11.3 Å². The first kappa shape index (κ1) is 18.1. The minimum atomic E-state index is -0.315. The van der Waals surface area contributed by atoms with E-state index in [2.05, 4.69) is 22.0 Å². The van der Waals surface area contributed by atoms with Gasteiger partial charge in [-0.25, -0.2) is 0 Å². The minimum Gasteiger partial charge on any atom is -0.440 e. The van der Waals surface area contributed by atoms with Gasteiger partial charge in [0.15, 0.2) is 0 Å². The van der Waals surface area contributed by atoms with Crippen molar-refractivity contribution in [3.05, 3.63) is 118 Å². The van der Waals surface area contributed by atoms with Crippen LogP contribution in [0.2, 0.25) is 0 Å². The molecule has 0 spiro atoms. The molecular formula is C24H17BrN2O. The Morgan fingerprint density at radius 3 is 1.96 bits per heavy atom. The summed E-state index contributed by atoms with van der Waals surface area (Å²) >= 11 is 3.48. The van der Waals surface area contributed by atoms with Gasteiger partial charge in [-0.05, 0) is 23.3 Å². The zero-order chi connectivity index (χ0) is 19.5. The molecule has 3 aromatic rings. The van der Waals surface area contributed by atoms with Crippen molar-refractivity contribution in [2.24, 2.45) is 5.73 Å². The van der Waals surface area contributed by atoms with E-state index in [1.54, 1.807) is 0 Å².